The number of carbonyl (C=O) groups is 1. The van der Waals surface area contributed by atoms with Gasteiger partial charge in [-0.15, -0.1) is 0 Å². The van der Waals surface area contributed by atoms with Crippen molar-refractivity contribution in [1.82, 2.24) is 0 Å². The van der Waals surface area contributed by atoms with Crippen LogP contribution in [-0.4, -0.2) is 11.3 Å². The Bertz CT molecular complexity index is 160. The third-order valence-electron chi connectivity index (χ3n) is 0.862. The monoisotopic (exact) mass is 156 g/mol. The first-order valence-corrected chi connectivity index (χ1v) is 3.36. The van der Waals surface area contributed by atoms with Gasteiger partial charge in [-0.05, 0) is 39.8 Å². The standard InChI is InChI=1S/C9H14O.H2O/c1-7(2)5-9(10)6-8(3)4;/h5-6H,1-4H3;1H2. The quantitative estimate of drug-likeness (QED) is 0.561. The molecule has 0 aliphatic rings. The van der Waals surface area contributed by atoms with Crippen LogP contribution in [0, 0.1) is 0 Å². The van der Waals surface area contributed by atoms with Gasteiger partial charge in [0.05, 0.1) is 0 Å². The summed E-state index contributed by atoms with van der Waals surface area (Å²) in [5.41, 5.74) is 2.09. The lowest BCUT2D eigenvalue weighted by molar-refractivity contribution is -0.110. The Kier molecular flexibility index (Phi) is 6.80. The number of hydrogen-bond acceptors (Lipinski definition) is 1. The second kappa shape index (κ2) is 5.86. The van der Waals surface area contributed by atoms with Crippen LogP contribution in [0.3, 0.4) is 0 Å². The smallest absolute Gasteiger partial charge is 0.178 e. The largest absolute Gasteiger partial charge is 0.412 e. The summed E-state index contributed by atoms with van der Waals surface area (Å²) in [4.78, 5) is 10.9. The van der Waals surface area contributed by atoms with Crippen molar-refractivity contribution >= 4 is 5.78 Å². The fourth-order valence-corrected chi connectivity index (χ4v) is 0.611. The molecule has 0 fully saturated rings. The van der Waals surface area contributed by atoms with E-state index < -0.39 is 0 Å². The second-order valence-electron chi connectivity index (χ2n) is 2.85. The second-order valence-corrected chi connectivity index (χ2v) is 2.85. The van der Waals surface area contributed by atoms with Gasteiger partial charge in [0, 0.05) is 0 Å². The van der Waals surface area contributed by atoms with Crippen LogP contribution in [0.2, 0.25) is 0 Å². The molecule has 0 saturated carbocycles. The van der Waals surface area contributed by atoms with Crippen LogP contribution in [0.4, 0.5) is 0 Å². The van der Waals surface area contributed by atoms with E-state index in [0.29, 0.717) is 0 Å². The molecular weight excluding hydrogens is 140 g/mol. The number of hydrogen-bond donors (Lipinski definition) is 0. The van der Waals surface area contributed by atoms with Crippen LogP contribution in [0.25, 0.3) is 0 Å². The van der Waals surface area contributed by atoms with Gasteiger partial charge in [-0.2, -0.15) is 0 Å². The first kappa shape index (κ1) is 12.8. The average Bonchev–Trinajstić information content (AvgIpc) is 1.58. The molecule has 0 aliphatic heterocycles. The fourth-order valence-electron chi connectivity index (χ4n) is 0.611. The lowest BCUT2D eigenvalue weighted by Gasteiger charge is -1.87. The van der Waals surface area contributed by atoms with Crippen molar-refractivity contribution < 1.29 is 10.3 Å². The molecule has 0 rings (SSSR count). The summed E-state index contributed by atoms with van der Waals surface area (Å²) in [7, 11) is 0. The highest BCUT2D eigenvalue weighted by atomic mass is 16.1. The van der Waals surface area contributed by atoms with Crippen molar-refractivity contribution in [3.05, 3.63) is 23.3 Å². The zero-order valence-electron chi connectivity index (χ0n) is 7.56. The maximum atomic E-state index is 10.9. The number of allylic oxidation sites excluding steroid dienone is 4. The van der Waals surface area contributed by atoms with Gasteiger partial charge >= 0.3 is 0 Å². The normalized spacial score (nSPS) is 7.64. The SMILES string of the molecule is CC(C)=CC(=O)C=C(C)C.O. The molecule has 64 valence electrons. The maximum absolute atomic E-state index is 10.9. The Morgan fingerprint density at radius 3 is 1.36 bits per heavy atom. The molecule has 2 N–H and O–H groups in total. The molecule has 2 heteroatoms. The molecule has 0 unspecified atom stereocenters. The van der Waals surface area contributed by atoms with Crippen molar-refractivity contribution in [3.8, 4) is 0 Å². The highest BCUT2D eigenvalue weighted by Crippen LogP contribution is 1.94. The van der Waals surface area contributed by atoms with Gasteiger partial charge in [-0.3, -0.25) is 4.79 Å². The van der Waals surface area contributed by atoms with E-state index in [0.717, 1.165) is 11.1 Å². The summed E-state index contributed by atoms with van der Waals surface area (Å²) in [6.45, 7) is 7.65. The van der Waals surface area contributed by atoms with Crippen molar-refractivity contribution in [1.29, 1.82) is 0 Å². The molecule has 0 amide bonds. The third kappa shape index (κ3) is 9.11. The molecule has 0 aromatic carbocycles. The van der Waals surface area contributed by atoms with Gasteiger partial charge in [-0.25, -0.2) is 0 Å². The summed E-state index contributed by atoms with van der Waals surface area (Å²) in [5.74, 6) is 0.0833. The summed E-state index contributed by atoms with van der Waals surface area (Å²) in [6, 6.07) is 0. The van der Waals surface area contributed by atoms with Gasteiger partial charge in [0.1, 0.15) is 0 Å². The van der Waals surface area contributed by atoms with Gasteiger partial charge in [0.25, 0.3) is 0 Å². The van der Waals surface area contributed by atoms with Crippen LogP contribution < -0.4 is 0 Å². The summed E-state index contributed by atoms with van der Waals surface area (Å²) >= 11 is 0. The zero-order chi connectivity index (χ0) is 8.15. The molecule has 2 nitrogen and oxygen atoms in total. The number of ketones is 1. The molecule has 0 radical (unpaired) electrons. The highest BCUT2D eigenvalue weighted by molar-refractivity contribution is 5.99. The summed E-state index contributed by atoms with van der Waals surface area (Å²) in [6.07, 6.45) is 3.26. The van der Waals surface area contributed by atoms with Crippen LogP contribution >= 0.6 is 0 Å². The third-order valence-corrected chi connectivity index (χ3v) is 0.862. The van der Waals surface area contributed by atoms with E-state index >= 15 is 0 Å². The van der Waals surface area contributed by atoms with Crippen LogP contribution in [0.5, 0.6) is 0 Å². The molecule has 0 bridgehead atoms. The molecule has 0 spiro atoms. The Hall–Kier alpha value is -0.890. The topological polar surface area (TPSA) is 48.6 Å². The fraction of sp³-hybridized carbons (Fsp3) is 0.444. The van der Waals surface area contributed by atoms with E-state index in [4.69, 9.17) is 0 Å². The van der Waals surface area contributed by atoms with E-state index in [1.165, 1.54) is 0 Å². The van der Waals surface area contributed by atoms with E-state index in [9.17, 15) is 4.79 Å². The van der Waals surface area contributed by atoms with E-state index in [1.807, 2.05) is 27.7 Å². The minimum absolute atomic E-state index is 0. The van der Waals surface area contributed by atoms with Crippen molar-refractivity contribution in [2.75, 3.05) is 0 Å². The molecular formula is C9H16O2. The van der Waals surface area contributed by atoms with Crippen LogP contribution in [0.15, 0.2) is 23.3 Å². The van der Waals surface area contributed by atoms with Crippen LogP contribution in [0.1, 0.15) is 27.7 Å². The minimum atomic E-state index is 0. The first-order chi connectivity index (χ1) is 4.52. The lowest BCUT2D eigenvalue weighted by Crippen LogP contribution is -1.87. The van der Waals surface area contributed by atoms with Crippen molar-refractivity contribution in [3.63, 3.8) is 0 Å². The minimum Gasteiger partial charge on any atom is -0.412 e. The predicted molar refractivity (Wildman–Crippen MR) is 47.5 cm³/mol. The van der Waals surface area contributed by atoms with Crippen molar-refractivity contribution in [2.45, 2.75) is 27.7 Å². The molecule has 0 aromatic rings. The highest BCUT2D eigenvalue weighted by Gasteiger charge is 1.89. The van der Waals surface area contributed by atoms with Gasteiger partial charge in [-0.1, -0.05) is 11.1 Å². The first-order valence-electron chi connectivity index (χ1n) is 3.36. The zero-order valence-corrected chi connectivity index (χ0v) is 7.56. The van der Waals surface area contributed by atoms with E-state index in [2.05, 4.69) is 0 Å². The Balaban J connectivity index is 0. The molecule has 0 aromatic heterocycles. The summed E-state index contributed by atoms with van der Waals surface area (Å²) in [5, 5.41) is 0. The number of rotatable bonds is 2. The van der Waals surface area contributed by atoms with Gasteiger partial charge in [0.2, 0.25) is 0 Å². The van der Waals surface area contributed by atoms with Crippen molar-refractivity contribution in [2.24, 2.45) is 0 Å². The lowest BCUT2D eigenvalue weighted by atomic mass is 10.2. The molecule has 0 aliphatic carbocycles. The molecule has 0 heterocycles. The Labute approximate surface area is 67.9 Å². The molecule has 11 heavy (non-hydrogen) atoms. The van der Waals surface area contributed by atoms with E-state index in [1.54, 1.807) is 12.2 Å². The van der Waals surface area contributed by atoms with Crippen LogP contribution in [-0.2, 0) is 4.79 Å². The van der Waals surface area contributed by atoms with E-state index in [-0.39, 0.29) is 11.3 Å². The molecule has 0 saturated heterocycles. The number of carbonyl (C=O) groups excluding carboxylic acids is 1. The predicted octanol–water partition coefficient (Wildman–Crippen LogP) is 1.66. The van der Waals surface area contributed by atoms with Gasteiger partial charge < -0.3 is 5.48 Å². The average molecular weight is 156 g/mol. The van der Waals surface area contributed by atoms with Gasteiger partial charge in [0.15, 0.2) is 5.78 Å². The Morgan fingerprint density at radius 1 is 0.909 bits per heavy atom. The molecule has 0 atom stereocenters. The summed E-state index contributed by atoms with van der Waals surface area (Å²) < 4.78 is 0. The Morgan fingerprint density at radius 2 is 1.18 bits per heavy atom. The maximum Gasteiger partial charge on any atom is 0.178 e.